The molecule has 0 unspecified atom stereocenters. The number of hydrogen-bond acceptors (Lipinski definition) is 3. The SMILES string of the molecule is COC(=O)CCN(Cc1ccc(F)cc1)C1CC1. The summed E-state index contributed by atoms with van der Waals surface area (Å²) in [5, 5.41) is 0. The Morgan fingerprint density at radius 3 is 2.61 bits per heavy atom. The lowest BCUT2D eigenvalue weighted by Gasteiger charge is -2.21. The van der Waals surface area contributed by atoms with Gasteiger partial charge in [-0.3, -0.25) is 9.69 Å². The van der Waals surface area contributed by atoms with Crippen molar-refractivity contribution in [2.75, 3.05) is 13.7 Å². The molecule has 0 aliphatic heterocycles. The zero-order valence-corrected chi connectivity index (χ0v) is 10.6. The summed E-state index contributed by atoms with van der Waals surface area (Å²) in [6, 6.07) is 7.10. The van der Waals surface area contributed by atoms with Crippen LogP contribution >= 0.6 is 0 Å². The molecule has 0 heterocycles. The number of rotatable bonds is 6. The Balaban J connectivity index is 1.89. The highest BCUT2D eigenvalue weighted by Crippen LogP contribution is 2.28. The Bertz CT molecular complexity index is 401. The molecule has 1 aromatic rings. The Labute approximate surface area is 107 Å². The molecule has 4 heteroatoms. The Hall–Kier alpha value is -1.42. The highest BCUT2D eigenvalue weighted by molar-refractivity contribution is 5.69. The topological polar surface area (TPSA) is 29.5 Å². The second-order valence-corrected chi connectivity index (χ2v) is 4.65. The number of hydrogen-bond donors (Lipinski definition) is 0. The summed E-state index contributed by atoms with van der Waals surface area (Å²) < 4.78 is 17.5. The highest BCUT2D eigenvalue weighted by Gasteiger charge is 2.29. The van der Waals surface area contributed by atoms with Crippen molar-refractivity contribution in [3.8, 4) is 0 Å². The standard InChI is InChI=1S/C14H18FNO2/c1-18-14(17)8-9-16(13-6-7-13)10-11-2-4-12(15)5-3-11/h2-5,13H,6-10H2,1H3. The van der Waals surface area contributed by atoms with Crippen molar-refractivity contribution in [1.82, 2.24) is 4.90 Å². The summed E-state index contributed by atoms with van der Waals surface area (Å²) in [5.41, 5.74) is 1.08. The van der Waals surface area contributed by atoms with E-state index in [0.717, 1.165) is 12.1 Å². The van der Waals surface area contributed by atoms with Crippen LogP contribution in [0.5, 0.6) is 0 Å². The molecule has 0 bridgehead atoms. The minimum absolute atomic E-state index is 0.181. The zero-order valence-electron chi connectivity index (χ0n) is 10.6. The second-order valence-electron chi connectivity index (χ2n) is 4.65. The average molecular weight is 251 g/mol. The van der Waals surface area contributed by atoms with Gasteiger partial charge in [-0.1, -0.05) is 12.1 Å². The van der Waals surface area contributed by atoms with Crippen molar-refractivity contribution >= 4 is 5.97 Å². The average Bonchev–Trinajstić information content (AvgIpc) is 3.20. The van der Waals surface area contributed by atoms with Crippen molar-refractivity contribution in [3.63, 3.8) is 0 Å². The molecule has 1 aliphatic carbocycles. The summed E-state index contributed by atoms with van der Waals surface area (Å²) in [7, 11) is 1.41. The third kappa shape index (κ3) is 3.81. The van der Waals surface area contributed by atoms with Gasteiger partial charge >= 0.3 is 5.97 Å². The number of benzene rings is 1. The van der Waals surface area contributed by atoms with Crippen molar-refractivity contribution in [2.45, 2.75) is 31.8 Å². The summed E-state index contributed by atoms with van der Waals surface area (Å²) in [6.45, 7) is 1.47. The number of methoxy groups -OCH3 is 1. The van der Waals surface area contributed by atoms with E-state index in [0.29, 0.717) is 19.0 Å². The zero-order chi connectivity index (χ0) is 13.0. The van der Waals surface area contributed by atoms with Crippen molar-refractivity contribution in [2.24, 2.45) is 0 Å². The van der Waals surface area contributed by atoms with Gasteiger partial charge in [-0.2, -0.15) is 0 Å². The minimum Gasteiger partial charge on any atom is -0.469 e. The predicted molar refractivity (Wildman–Crippen MR) is 66.5 cm³/mol. The van der Waals surface area contributed by atoms with E-state index >= 15 is 0 Å². The van der Waals surface area contributed by atoms with Gasteiger partial charge in [0.2, 0.25) is 0 Å². The van der Waals surface area contributed by atoms with Crippen molar-refractivity contribution < 1.29 is 13.9 Å². The van der Waals surface area contributed by atoms with Gasteiger partial charge in [-0.25, -0.2) is 4.39 Å². The van der Waals surface area contributed by atoms with Crippen LogP contribution in [0.25, 0.3) is 0 Å². The van der Waals surface area contributed by atoms with Crippen LogP contribution in [0.1, 0.15) is 24.8 Å². The summed E-state index contributed by atoms with van der Waals surface area (Å²) in [5.74, 6) is -0.397. The molecule has 1 saturated carbocycles. The number of halogens is 1. The van der Waals surface area contributed by atoms with E-state index in [1.807, 2.05) is 0 Å². The molecule has 0 amide bonds. The van der Waals surface area contributed by atoms with Gasteiger partial charge in [0.05, 0.1) is 13.5 Å². The van der Waals surface area contributed by atoms with Gasteiger partial charge in [-0.05, 0) is 30.5 Å². The van der Waals surface area contributed by atoms with E-state index < -0.39 is 0 Å². The lowest BCUT2D eigenvalue weighted by atomic mass is 10.2. The monoisotopic (exact) mass is 251 g/mol. The fourth-order valence-electron chi connectivity index (χ4n) is 1.99. The van der Waals surface area contributed by atoms with Gasteiger partial charge < -0.3 is 4.74 Å². The van der Waals surface area contributed by atoms with E-state index in [2.05, 4.69) is 9.64 Å². The Morgan fingerprint density at radius 2 is 2.06 bits per heavy atom. The molecule has 1 fully saturated rings. The molecular weight excluding hydrogens is 233 g/mol. The summed E-state index contributed by atoms with van der Waals surface area (Å²) in [6.07, 6.45) is 2.78. The van der Waals surface area contributed by atoms with Crippen molar-refractivity contribution in [1.29, 1.82) is 0 Å². The van der Waals surface area contributed by atoms with E-state index in [1.165, 1.54) is 32.1 Å². The maximum Gasteiger partial charge on any atom is 0.306 e. The maximum absolute atomic E-state index is 12.8. The maximum atomic E-state index is 12.8. The molecule has 1 aromatic carbocycles. The molecule has 0 radical (unpaired) electrons. The quantitative estimate of drug-likeness (QED) is 0.727. The largest absolute Gasteiger partial charge is 0.469 e. The van der Waals surface area contributed by atoms with Crippen LogP contribution in [0.15, 0.2) is 24.3 Å². The fourth-order valence-corrected chi connectivity index (χ4v) is 1.99. The molecule has 0 spiro atoms. The van der Waals surface area contributed by atoms with Gasteiger partial charge in [-0.15, -0.1) is 0 Å². The van der Waals surface area contributed by atoms with Crippen LogP contribution in [0.2, 0.25) is 0 Å². The molecule has 0 saturated heterocycles. The van der Waals surface area contributed by atoms with Crippen LogP contribution in [0.3, 0.4) is 0 Å². The first-order chi connectivity index (χ1) is 8.69. The van der Waals surface area contributed by atoms with E-state index in [-0.39, 0.29) is 11.8 Å². The first kappa shape index (κ1) is 13.0. The van der Waals surface area contributed by atoms with Gasteiger partial charge in [0, 0.05) is 19.1 Å². The minimum atomic E-state index is -0.216. The van der Waals surface area contributed by atoms with Crippen LogP contribution in [-0.2, 0) is 16.1 Å². The van der Waals surface area contributed by atoms with Crippen LogP contribution in [-0.4, -0.2) is 30.6 Å². The van der Waals surface area contributed by atoms with Crippen molar-refractivity contribution in [3.05, 3.63) is 35.6 Å². The smallest absolute Gasteiger partial charge is 0.306 e. The first-order valence-electron chi connectivity index (χ1n) is 6.24. The molecule has 3 nitrogen and oxygen atoms in total. The molecular formula is C14H18FNO2. The van der Waals surface area contributed by atoms with Crippen LogP contribution in [0.4, 0.5) is 4.39 Å². The summed E-state index contributed by atoms with van der Waals surface area (Å²) in [4.78, 5) is 13.4. The van der Waals surface area contributed by atoms with E-state index in [4.69, 9.17) is 0 Å². The Morgan fingerprint density at radius 1 is 1.39 bits per heavy atom. The number of nitrogens with zero attached hydrogens (tertiary/aromatic N) is 1. The van der Waals surface area contributed by atoms with Crippen LogP contribution < -0.4 is 0 Å². The first-order valence-corrected chi connectivity index (χ1v) is 6.24. The predicted octanol–water partition coefficient (Wildman–Crippen LogP) is 2.35. The second kappa shape index (κ2) is 5.96. The van der Waals surface area contributed by atoms with Gasteiger partial charge in [0.1, 0.15) is 5.82 Å². The molecule has 0 aromatic heterocycles. The van der Waals surface area contributed by atoms with E-state index in [9.17, 15) is 9.18 Å². The lowest BCUT2D eigenvalue weighted by molar-refractivity contribution is -0.141. The number of esters is 1. The lowest BCUT2D eigenvalue weighted by Crippen LogP contribution is -2.28. The molecule has 18 heavy (non-hydrogen) atoms. The summed E-state index contributed by atoms with van der Waals surface area (Å²) >= 11 is 0. The number of ether oxygens (including phenoxy) is 1. The van der Waals surface area contributed by atoms with Gasteiger partial charge in [0.15, 0.2) is 0 Å². The third-order valence-corrected chi connectivity index (χ3v) is 3.19. The Kier molecular flexibility index (Phi) is 4.31. The molecule has 98 valence electrons. The molecule has 0 N–H and O–H groups in total. The number of carbonyl (C=O) groups is 1. The number of carbonyl (C=O) groups excluding carboxylic acids is 1. The highest BCUT2D eigenvalue weighted by atomic mass is 19.1. The molecule has 1 aliphatic rings. The molecule has 0 atom stereocenters. The van der Waals surface area contributed by atoms with Crippen LogP contribution in [0, 0.1) is 5.82 Å². The third-order valence-electron chi connectivity index (χ3n) is 3.19. The normalized spacial score (nSPS) is 14.8. The fraction of sp³-hybridized carbons (Fsp3) is 0.500. The van der Waals surface area contributed by atoms with Gasteiger partial charge in [0.25, 0.3) is 0 Å². The van der Waals surface area contributed by atoms with E-state index in [1.54, 1.807) is 12.1 Å². The molecule has 2 rings (SSSR count).